The topological polar surface area (TPSA) is 62.9 Å². The molecule has 2 N–H and O–H groups in total. The molecule has 0 heterocycles. The summed E-state index contributed by atoms with van der Waals surface area (Å²) in [7, 11) is 3.23. The maximum atomic E-state index is 5.67. The smallest absolute Gasteiger partial charge is 0.163 e. The van der Waals surface area contributed by atoms with E-state index in [1.165, 1.54) is 0 Å². The summed E-state index contributed by atoms with van der Waals surface area (Å²) in [6.45, 7) is 2.10. The van der Waals surface area contributed by atoms with Crippen LogP contribution in [0.4, 0.5) is 5.69 Å². The van der Waals surface area contributed by atoms with Gasteiger partial charge in [-0.3, -0.25) is 0 Å². The van der Waals surface area contributed by atoms with E-state index in [1.54, 1.807) is 32.4 Å². The molecule has 5 heteroatoms. The molecule has 0 saturated heterocycles. The van der Waals surface area contributed by atoms with Crippen LogP contribution in [0.25, 0.3) is 0 Å². The second kappa shape index (κ2) is 7.76. The third-order valence-electron chi connectivity index (χ3n) is 2.10. The second-order valence-corrected chi connectivity index (χ2v) is 3.36. The van der Waals surface area contributed by atoms with Crippen LogP contribution in [-0.4, -0.2) is 40.6 Å². The maximum Gasteiger partial charge on any atom is 0.163 e. The molecule has 17 heavy (non-hydrogen) atoms. The van der Waals surface area contributed by atoms with Gasteiger partial charge in [0.25, 0.3) is 0 Å². The van der Waals surface area contributed by atoms with Crippen molar-refractivity contribution < 1.29 is 18.9 Å². The van der Waals surface area contributed by atoms with Gasteiger partial charge in [0, 0.05) is 18.9 Å². The highest BCUT2D eigenvalue weighted by Gasteiger charge is 2.04. The van der Waals surface area contributed by atoms with Crippen LogP contribution in [0.5, 0.6) is 11.5 Å². The fraction of sp³-hybridized carbons (Fsp3) is 0.500. The number of anilines is 1. The van der Waals surface area contributed by atoms with Gasteiger partial charge in [-0.25, -0.2) is 0 Å². The van der Waals surface area contributed by atoms with Crippen LogP contribution in [0.3, 0.4) is 0 Å². The predicted molar refractivity (Wildman–Crippen MR) is 65.6 cm³/mol. The molecule has 0 saturated carbocycles. The quantitative estimate of drug-likeness (QED) is 0.549. The molecular formula is C12H19NO4. The number of nitrogens with two attached hydrogens (primary N) is 1. The normalized spacial score (nSPS) is 10.2. The van der Waals surface area contributed by atoms with E-state index in [9.17, 15) is 0 Å². The summed E-state index contributed by atoms with van der Waals surface area (Å²) in [6, 6.07) is 5.27. The highest BCUT2D eigenvalue weighted by Crippen LogP contribution is 2.28. The van der Waals surface area contributed by atoms with Gasteiger partial charge in [-0.15, -0.1) is 0 Å². The number of rotatable bonds is 8. The number of benzene rings is 1. The lowest BCUT2D eigenvalue weighted by Crippen LogP contribution is -2.10. The minimum absolute atomic E-state index is 0.448. The lowest BCUT2D eigenvalue weighted by molar-refractivity contribution is 0.0540. The Morgan fingerprint density at radius 2 is 1.76 bits per heavy atom. The fourth-order valence-electron chi connectivity index (χ4n) is 1.26. The summed E-state index contributed by atoms with van der Waals surface area (Å²) in [6.07, 6.45) is 0. The Morgan fingerprint density at radius 1 is 1.00 bits per heavy atom. The molecule has 0 aromatic heterocycles. The highest BCUT2D eigenvalue weighted by atomic mass is 16.5. The third-order valence-corrected chi connectivity index (χ3v) is 2.10. The molecule has 0 bridgehead atoms. The van der Waals surface area contributed by atoms with Gasteiger partial charge in [0.1, 0.15) is 6.61 Å². The number of hydrogen-bond donors (Lipinski definition) is 1. The standard InChI is InChI=1S/C12H19NO4/c1-14-5-6-16-7-8-17-12-9-10(13)3-4-11(12)15-2/h3-4,9H,5-8,13H2,1-2H3. The molecule has 96 valence electrons. The maximum absolute atomic E-state index is 5.67. The molecule has 0 radical (unpaired) electrons. The van der Waals surface area contributed by atoms with Gasteiger partial charge < -0.3 is 24.7 Å². The van der Waals surface area contributed by atoms with Crippen molar-refractivity contribution in [1.82, 2.24) is 0 Å². The largest absolute Gasteiger partial charge is 0.493 e. The molecule has 0 aliphatic rings. The van der Waals surface area contributed by atoms with Gasteiger partial charge in [0.15, 0.2) is 11.5 Å². The lowest BCUT2D eigenvalue weighted by atomic mass is 10.3. The van der Waals surface area contributed by atoms with Crippen LogP contribution in [0.2, 0.25) is 0 Å². The van der Waals surface area contributed by atoms with Crippen LogP contribution < -0.4 is 15.2 Å². The molecule has 0 spiro atoms. The van der Waals surface area contributed by atoms with E-state index < -0.39 is 0 Å². The summed E-state index contributed by atoms with van der Waals surface area (Å²) < 4.78 is 20.8. The van der Waals surface area contributed by atoms with Gasteiger partial charge in [-0.05, 0) is 12.1 Å². The monoisotopic (exact) mass is 241 g/mol. The first-order valence-corrected chi connectivity index (χ1v) is 5.41. The molecule has 0 fully saturated rings. The van der Waals surface area contributed by atoms with Crippen molar-refractivity contribution >= 4 is 5.69 Å². The van der Waals surface area contributed by atoms with Crippen molar-refractivity contribution in [1.29, 1.82) is 0 Å². The summed E-state index contributed by atoms with van der Waals surface area (Å²) in [5, 5.41) is 0. The summed E-state index contributed by atoms with van der Waals surface area (Å²) >= 11 is 0. The Morgan fingerprint density at radius 3 is 2.47 bits per heavy atom. The molecule has 1 rings (SSSR count). The summed E-state index contributed by atoms with van der Waals surface area (Å²) in [5.41, 5.74) is 6.31. The van der Waals surface area contributed by atoms with Gasteiger partial charge in [-0.1, -0.05) is 0 Å². The van der Waals surface area contributed by atoms with E-state index in [0.717, 1.165) is 0 Å². The van der Waals surface area contributed by atoms with Crippen molar-refractivity contribution in [3.63, 3.8) is 0 Å². The molecule has 0 atom stereocenters. The van der Waals surface area contributed by atoms with Gasteiger partial charge in [-0.2, -0.15) is 0 Å². The highest BCUT2D eigenvalue weighted by molar-refractivity contribution is 5.51. The number of nitrogen functional groups attached to an aromatic ring is 1. The Hall–Kier alpha value is -1.46. The molecule has 1 aromatic rings. The average Bonchev–Trinajstić information content (AvgIpc) is 2.34. The zero-order valence-corrected chi connectivity index (χ0v) is 10.3. The van der Waals surface area contributed by atoms with E-state index in [1.807, 2.05) is 0 Å². The first-order valence-electron chi connectivity index (χ1n) is 5.41. The van der Waals surface area contributed by atoms with Crippen LogP contribution in [0.1, 0.15) is 0 Å². The Labute approximate surface area is 101 Å². The van der Waals surface area contributed by atoms with Crippen LogP contribution >= 0.6 is 0 Å². The van der Waals surface area contributed by atoms with E-state index in [0.29, 0.717) is 43.6 Å². The number of hydrogen-bond acceptors (Lipinski definition) is 5. The van der Waals surface area contributed by atoms with E-state index in [-0.39, 0.29) is 0 Å². The molecule has 5 nitrogen and oxygen atoms in total. The van der Waals surface area contributed by atoms with Crippen molar-refractivity contribution in [2.24, 2.45) is 0 Å². The Kier molecular flexibility index (Phi) is 6.21. The van der Waals surface area contributed by atoms with Crippen molar-refractivity contribution in [2.75, 3.05) is 46.4 Å². The van der Waals surface area contributed by atoms with Crippen molar-refractivity contribution in [3.8, 4) is 11.5 Å². The molecule has 0 aliphatic carbocycles. The summed E-state index contributed by atoms with van der Waals surface area (Å²) in [5.74, 6) is 1.29. The van der Waals surface area contributed by atoms with Gasteiger partial charge in [0.05, 0.1) is 26.9 Å². The molecule has 0 amide bonds. The molecular weight excluding hydrogens is 222 g/mol. The third kappa shape index (κ3) is 4.93. The van der Waals surface area contributed by atoms with Crippen molar-refractivity contribution in [3.05, 3.63) is 18.2 Å². The van der Waals surface area contributed by atoms with E-state index in [4.69, 9.17) is 24.7 Å². The van der Waals surface area contributed by atoms with Crippen LogP contribution in [0, 0.1) is 0 Å². The minimum Gasteiger partial charge on any atom is -0.493 e. The van der Waals surface area contributed by atoms with Gasteiger partial charge in [0.2, 0.25) is 0 Å². The molecule has 0 unspecified atom stereocenters. The zero-order valence-electron chi connectivity index (χ0n) is 10.3. The zero-order chi connectivity index (χ0) is 12.5. The number of ether oxygens (including phenoxy) is 4. The summed E-state index contributed by atoms with van der Waals surface area (Å²) in [4.78, 5) is 0. The number of methoxy groups -OCH3 is 2. The van der Waals surface area contributed by atoms with Crippen molar-refractivity contribution in [2.45, 2.75) is 0 Å². The Bertz CT molecular complexity index is 330. The fourth-order valence-corrected chi connectivity index (χ4v) is 1.26. The molecule has 1 aromatic carbocycles. The van der Waals surface area contributed by atoms with E-state index >= 15 is 0 Å². The van der Waals surface area contributed by atoms with Crippen LogP contribution in [0.15, 0.2) is 18.2 Å². The molecule has 0 aliphatic heterocycles. The second-order valence-electron chi connectivity index (χ2n) is 3.36. The average molecular weight is 241 g/mol. The minimum atomic E-state index is 0.448. The SMILES string of the molecule is COCCOCCOc1cc(N)ccc1OC. The first kappa shape index (κ1) is 13.6. The predicted octanol–water partition coefficient (Wildman–Crippen LogP) is 1.32. The van der Waals surface area contributed by atoms with E-state index in [2.05, 4.69) is 0 Å². The lowest BCUT2D eigenvalue weighted by Gasteiger charge is -2.11. The first-order chi connectivity index (χ1) is 8.27. The van der Waals surface area contributed by atoms with Crippen LogP contribution in [-0.2, 0) is 9.47 Å². The van der Waals surface area contributed by atoms with Gasteiger partial charge >= 0.3 is 0 Å². The Balaban J connectivity index is 2.32.